The maximum atomic E-state index is 5.62. The van der Waals surface area contributed by atoms with E-state index in [4.69, 9.17) is 23.2 Å². The third-order valence-corrected chi connectivity index (χ3v) is 2.06. The third kappa shape index (κ3) is 1.03. The Labute approximate surface area is 53.8 Å². The van der Waals surface area contributed by atoms with E-state index in [9.17, 15) is 0 Å². The first-order chi connectivity index (χ1) is 3.17. The van der Waals surface area contributed by atoms with Crippen molar-refractivity contribution in [1.82, 2.24) is 0 Å². The summed E-state index contributed by atoms with van der Waals surface area (Å²) in [6.07, 6.45) is 3.00. The molecule has 0 aliphatic heterocycles. The van der Waals surface area contributed by atoms with Gasteiger partial charge in [-0.1, -0.05) is 13.3 Å². The van der Waals surface area contributed by atoms with Gasteiger partial charge in [0.2, 0.25) is 0 Å². The van der Waals surface area contributed by atoms with E-state index in [-0.39, 0.29) is 0 Å². The molecule has 1 radical (unpaired) electrons. The number of hydrogen-bond acceptors (Lipinski definition) is 0. The summed E-state index contributed by atoms with van der Waals surface area (Å²) in [6, 6.07) is 0. The molecule has 0 nitrogen and oxygen atoms in total. The Morgan fingerprint density at radius 2 is 2.14 bits per heavy atom. The molecule has 0 saturated heterocycles. The molecule has 0 spiro atoms. The first-order valence-electron chi connectivity index (χ1n) is 2.40. The maximum absolute atomic E-state index is 5.62. The van der Waals surface area contributed by atoms with Crippen molar-refractivity contribution >= 4 is 23.2 Å². The Morgan fingerprint density at radius 3 is 2.14 bits per heavy atom. The van der Waals surface area contributed by atoms with Gasteiger partial charge < -0.3 is 0 Å². The fourth-order valence-corrected chi connectivity index (χ4v) is 1.22. The minimum Gasteiger partial charge on any atom is -0.101 e. The van der Waals surface area contributed by atoms with Gasteiger partial charge >= 0.3 is 0 Å². The predicted octanol–water partition coefficient (Wildman–Crippen LogP) is 2.40. The summed E-state index contributed by atoms with van der Waals surface area (Å²) in [5.41, 5.74) is 0. The number of halogens is 2. The Hall–Kier alpha value is 0.580. The molecule has 0 heterocycles. The normalized spacial score (nSPS) is 35.6. The van der Waals surface area contributed by atoms with Gasteiger partial charge in [-0.15, -0.1) is 23.2 Å². The number of rotatable bonds is 1. The van der Waals surface area contributed by atoms with Crippen molar-refractivity contribution in [3.05, 3.63) is 6.42 Å². The summed E-state index contributed by atoms with van der Waals surface area (Å²) in [4.78, 5) is 0. The second-order valence-electron chi connectivity index (χ2n) is 1.86. The Kier molecular flexibility index (Phi) is 1.25. The maximum Gasteiger partial charge on any atom is 0.125 e. The van der Waals surface area contributed by atoms with Gasteiger partial charge in [-0.05, 0) is 5.92 Å². The van der Waals surface area contributed by atoms with E-state index in [2.05, 4.69) is 6.92 Å². The van der Waals surface area contributed by atoms with Crippen LogP contribution in [-0.4, -0.2) is 4.33 Å². The summed E-state index contributed by atoms with van der Waals surface area (Å²) in [5.74, 6) is 0.454. The zero-order chi connectivity index (χ0) is 5.49. The van der Waals surface area contributed by atoms with Crippen molar-refractivity contribution in [1.29, 1.82) is 0 Å². The lowest BCUT2D eigenvalue weighted by Gasteiger charge is -1.89. The Balaban J connectivity index is 2.30. The average molecular weight is 138 g/mol. The van der Waals surface area contributed by atoms with Crippen LogP contribution in [0.5, 0.6) is 0 Å². The van der Waals surface area contributed by atoms with Crippen molar-refractivity contribution in [2.24, 2.45) is 5.92 Å². The van der Waals surface area contributed by atoms with Crippen molar-refractivity contribution in [3.63, 3.8) is 0 Å². The van der Waals surface area contributed by atoms with Crippen LogP contribution in [0.1, 0.15) is 13.3 Å². The molecule has 0 aromatic heterocycles. The van der Waals surface area contributed by atoms with Gasteiger partial charge in [0.25, 0.3) is 0 Å². The molecule has 2 heteroatoms. The van der Waals surface area contributed by atoms with Crippen LogP contribution in [0.15, 0.2) is 0 Å². The van der Waals surface area contributed by atoms with Crippen molar-refractivity contribution in [2.45, 2.75) is 17.7 Å². The minimum atomic E-state index is -0.464. The van der Waals surface area contributed by atoms with E-state index >= 15 is 0 Å². The second-order valence-corrected chi connectivity index (χ2v) is 3.30. The molecule has 0 N–H and O–H groups in total. The highest BCUT2D eigenvalue weighted by molar-refractivity contribution is 6.52. The fourth-order valence-electron chi connectivity index (χ4n) is 0.610. The van der Waals surface area contributed by atoms with Crippen molar-refractivity contribution in [2.75, 3.05) is 0 Å². The Bertz CT molecular complexity index is 78.1. The quantitative estimate of drug-likeness (QED) is 0.488. The monoisotopic (exact) mass is 137 g/mol. The van der Waals surface area contributed by atoms with Gasteiger partial charge in [0.05, 0.1) is 0 Å². The van der Waals surface area contributed by atoms with Crippen LogP contribution in [0.3, 0.4) is 0 Å². The van der Waals surface area contributed by atoms with E-state index in [0.29, 0.717) is 5.92 Å². The first-order valence-corrected chi connectivity index (χ1v) is 3.16. The van der Waals surface area contributed by atoms with E-state index in [1.165, 1.54) is 0 Å². The highest BCUT2D eigenvalue weighted by Crippen LogP contribution is 2.53. The largest absolute Gasteiger partial charge is 0.125 e. The van der Waals surface area contributed by atoms with Crippen LogP contribution in [-0.2, 0) is 0 Å². The molecule has 0 aromatic rings. The van der Waals surface area contributed by atoms with Crippen LogP contribution >= 0.6 is 23.2 Å². The highest BCUT2D eigenvalue weighted by atomic mass is 35.5. The molecular formula is C5H7Cl2. The lowest BCUT2D eigenvalue weighted by Crippen LogP contribution is -1.85. The fraction of sp³-hybridized carbons (Fsp3) is 0.800. The summed E-state index contributed by atoms with van der Waals surface area (Å²) >= 11 is 11.2. The summed E-state index contributed by atoms with van der Waals surface area (Å²) < 4.78 is -0.464. The van der Waals surface area contributed by atoms with Crippen molar-refractivity contribution < 1.29 is 0 Å². The first kappa shape index (κ1) is 5.71. The zero-order valence-corrected chi connectivity index (χ0v) is 5.63. The zero-order valence-electron chi connectivity index (χ0n) is 4.12. The number of hydrogen-bond donors (Lipinski definition) is 0. The third-order valence-electron chi connectivity index (χ3n) is 1.25. The molecule has 41 valence electrons. The molecule has 1 unspecified atom stereocenters. The second kappa shape index (κ2) is 1.53. The van der Waals surface area contributed by atoms with Crippen LogP contribution in [0.25, 0.3) is 0 Å². The van der Waals surface area contributed by atoms with Crippen molar-refractivity contribution in [3.8, 4) is 0 Å². The lowest BCUT2D eigenvalue weighted by atomic mass is 10.3. The Morgan fingerprint density at radius 1 is 1.71 bits per heavy atom. The van der Waals surface area contributed by atoms with Gasteiger partial charge in [0.1, 0.15) is 4.33 Å². The molecule has 1 saturated carbocycles. The van der Waals surface area contributed by atoms with Gasteiger partial charge in [0, 0.05) is 6.42 Å². The van der Waals surface area contributed by atoms with Crippen LogP contribution in [0.4, 0.5) is 0 Å². The van der Waals surface area contributed by atoms with Gasteiger partial charge in [-0.25, -0.2) is 0 Å². The molecule has 1 rings (SSSR count). The van der Waals surface area contributed by atoms with E-state index < -0.39 is 4.33 Å². The van der Waals surface area contributed by atoms with E-state index in [1.54, 1.807) is 0 Å². The summed E-state index contributed by atoms with van der Waals surface area (Å²) in [5, 5.41) is 0. The standard InChI is InChI=1S/C5H7Cl2/c1-2-4-3-5(4,6)7/h3-4H,2H2,1H3. The summed E-state index contributed by atoms with van der Waals surface area (Å²) in [6.45, 7) is 2.08. The van der Waals surface area contributed by atoms with Crippen LogP contribution in [0.2, 0.25) is 0 Å². The lowest BCUT2D eigenvalue weighted by molar-refractivity contribution is 0.808. The molecular weight excluding hydrogens is 131 g/mol. The average Bonchev–Trinajstić information content (AvgIpc) is 2.13. The predicted molar refractivity (Wildman–Crippen MR) is 32.5 cm³/mol. The van der Waals surface area contributed by atoms with Gasteiger partial charge in [-0.2, -0.15) is 0 Å². The van der Waals surface area contributed by atoms with E-state index in [0.717, 1.165) is 6.42 Å². The van der Waals surface area contributed by atoms with E-state index in [1.807, 2.05) is 6.42 Å². The molecule has 1 fully saturated rings. The molecule has 7 heavy (non-hydrogen) atoms. The van der Waals surface area contributed by atoms with Gasteiger partial charge in [0.15, 0.2) is 0 Å². The smallest absolute Gasteiger partial charge is 0.101 e. The minimum absolute atomic E-state index is 0.454. The van der Waals surface area contributed by atoms with Gasteiger partial charge in [-0.3, -0.25) is 0 Å². The van der Waals surface area contributed by atoms with Crippen LogP contribution in [0, 0.1) is 12.3 Å². The molecule has 0 bridgehead atoms. The molecule has 0 aromatic carbocycles. The molecule has 1 aliphatic rings. The summed E-state index contributed by atoms with van der Waals surface area (Å²) in [7, 11) is 0. The highest BCUT2D eigenvalue weighted by Gasteiger charge is 2.50. The molecule has 1 atom stereocenters. The SMILES string of the molecule is CCC1[CH]C1(Cl)Cl. The van der Waals surface area contributed by atoms with Crippen LogP contribution < -0.4 is 0 Å². The topological polar surface area (TPSA) is 0 Å². The number of alkyl halides is 2. The molecule has 0 amide bonds. The molecule has 1 aliphatic carbocycles.